The van der Waals surface area contributed by atoms with E-state index in [1.54, 1.807) is 0 Å². The maximum atomic E-state index is 6.39. The van der Waals surface area contributed by atoms with Crippen LogP contribution < -0.4 is 5.73 Å². The number of imidazole rings is 2. The van der Waals surface area contributed by atoms with Gasteiger partial charge in [0, 0.05) is 18.0 Å². The Morgan fingerprint density at radius 3 is 2.45 bits per heavy atom. The Bertz CT molecular complexity index is 616. The van der Waals surface area contributed by atoms with E-state index in [2.05, 4.69) is 41.8 Å². The fourth-order valence-corrected chi connectivity index (χ4v) is 2.72. The molecule has 0 saturated heterocycles. The Hall–Kier alpha value is -1.78. The highest BCUT2D eigenvalue weighted by atomic mass is 15.2. The number of aromatic nitrogens is 4. The molecule has 2 heterocycles. The molecule has 0 atom stereocenters. The van der Waals surface area contributed by atoms with E-state index in [1.165, 1.54) is 12.8 Å². The molecule has 2 aromatic rings. The minimum Gasteiger partial charge on any atom is -0.383 e. The zero-order valence-electron chi connectivity index (χ0n) is 12.7. The van der Waals surface area contributed by atoms with Crippen molar-refractivity contribution in [2.75, 3.05) is 5.73 Å². The van der Waals surface area contributed by atoms with Gasteiger partial charge < -0.3 is 14.9 Å². The van der Waals surface area contributed by atoms with Crippen LogP contribution in [0.5, 0.6) is 0 Å². The monoisotopic (exact) mass is 273 g/mol. The second kappa shape index (κ2) is 4.65. The highest BCUT2D eigenvalue weighted by molar-refractivity contribution is 5.68. The Morgan fingerprint density at radius 1 is 1.20 bits per heavy atom. The summed E-state index contributed by atoms with van der Waals surface area (Å²) in [6.45, 7) is 8.60. The first kappa shape index (κ1) is 13.2. The minimum absolute atomic E-state index is 0.335. The Morgan fingerprint density at radius 2 is 1.90 bits per heavy atom. The molecule has 1 fully saturated rings. The first-order valence-corrected chi connectivity index (χ1v) is 7.40. The normalized spacial score (nSPS) is 15.5. The van der Waals surface area contributed by atoms with Crippen LogP contribution in [0.25, 0.3) is 11.4 Å². The summed E-state index contributed by atoms with van der Waals surface area (Å²) in [5.41, 5.74) is 8.28. The number of hydrogen-bond donors (Lipinski definition) is 1. The van der Waals surface area contributed by atoms with Crippen LogP contribution in [0.1, 0.15) is 64.4 Å². The van der Waals surface area contributed by atoms with Crippen molar-refractivity contribution in [3.63, 3.8) is 0 Å². The summed E-state index contributed by atoms with van der Waals surface area (Å²) < 4.78 is 4.31. The van der Waals surface area contributed by atoms with Gasteiger partial charge in [0.25, 0.3) is 0 Å². The van der Waals surface area contributed by atoms with Crippen molar-refractivity contribution in [1.29, 1.82) is 0 Å². The Labute approximate surface area is 119 Å². The summed E-state index contributed by atoms with van der Waals surface area (Å²) in [6, 6.07) is 0.683. The molecule has 0 aliphatic heterocycles. The Kier molecular flexibility index (Phi) is 3.07. The van der Waals surface area contributed by atoms with Gasteiger partial charge in [-0.1, -0.05) is 0 Å². The van der Waals surface area contributed by atoms with Crippen molar-refractivity contribution in [1.82, 2.24) is 19.1 Å². The summed E-state index contributed by atoms with van der Waals surface area (Å²) in [5.74, 6) is 2.50. The maximum absolute atomic E-state index is 6.39. The fraction of sp³-hybridized carbons (Fsp3) is 0.600. The molecular formula is C15H23N5. The minimum atomic E-state index is 0.335. The van der Waals surface area contributed by atoms with Crippen LogP contribution in [0, 0.1) is 0 Å². The number of nitrogens with zero attached hydrogens (tertiary/aromatic N) is 4. The molecular weight excluding hydrogens is 250 g/mol. The van der Waals surface area contributed by atoms with E-state index in [0.717, 1.165) is 23.0 Å². The van der Waals surface area contributed by atoms with Gasteiger partial charge in [0.05, 0.1) is 18.2 Å². The number of nitrogens with two attached hydrogens (primary N) is 1. The van der Waals surface area contributed by atoms with Crippen LogP contribution in [-0.4, -0.2) is 19.1 Å². The molecule has 0 unspecified atom stereocenters. The van der Waals surface area contributed by atoms with Crippen molar-refractivity contribution in [3.05, 3.63) is 18.3 Å². The molecule has 0 aromatic carbocycles. The summed E-state index contributed by atoms with van der Waals surface area (Å²) in [7, 11) is 0. The molecule has 5 heteroatoms. The molecule has 108 valence electrons. The van der Waals surface area contributed by atoms with Crippen molar-refractivity contribution in [2.24, 2.45) is 0 Å². The molecule has 5 nitrogen and oxygen atoms in total. The smallest absolute Gasteiger partial charge is 0.133 e. The zero-order chi connectivity index (χ0) is 14.4. The van der Waals surface area contributed by atoms with Gasteiger partial charge in [0.1, 0.15) is 17.3 Å². The number of anilines is 1. The highest BCUT2D eigenvalue weighted by Gasteiger charge is 2.32. The third-order valence-corrected chi connectivity index (χ3v) is 3.90. The van der Waals surface area contributed by atoms with Crippen LogP contribution in [0.2, 0.25) is 0 Å². The molecule has 0 bridgehead atoms. The van der Waals surface area contributed by atoms with Crippen molar-refractivity contribution >= 4 is 5.82 Å². The van der Waals surface area contributed by atoms with Gasteiger partial charge in [-0.25, -0.2) is 9.97 Å². The lowest BCUT2D eigenvalue weighted by molar-refractivity contribution is 0.576. The van der Waals surface area contributed by atoms with Gasteiger partial charge in [-0.15, -0.1) is 0 Å². The molecule has 2 aromatic heterocycles. The van der Waals surface area contributed by atoms with Crippen molar-refractivity contribution in [2.45, 2.75) is 58.5 Å². The maximum Gasteiger partial charge on any atom is 0.133 e. The molecule has 1 saturated carbocycles. The largest absolute Gasteiger partial charge is 0.383 e. The van der Waals surface area contributed by atoms with Crippen LogP contribution in [-0.2, 0) is 0 Å². The lowest BCUT2D eigenvalue weighted by Crippen LogP contribution is -2.09. The molecule has 0 spiro atoms. The zero-order valence-corrected chi connectivity index (χ0v) is 12.7. The van der Waals surface area contributed by atoms with E-state index in [9.17, 15) is 0 Å². The lowest BCUT2D eigenvalue weighted by Gasteiger charge is -2.14. The molecule has 0 amide bonds. The standard InChI is InChI=1S/C15H23N5/c1-9(2)19-8-17-7-12(19)13-14(16)20(10(3)4)15(18-13)11-5-6-11/h7-11H,5-6,16H2,1-4H3. The number of nitrogen functional groups attached to an aromatic ring is 1. The SMILES string of the molecule is CC(C)n1cncc1-c1nc(C2CC2)n(C(C)C)c1N. The van der Waals surface area contributed by atoms with E-state index in [0.29, 0.717) is 18.0 Å². The topological polar surface area (TPSA) is 61.7 Å². The van der Waals surface area contributed by atoms with Crippen LogP contribution in [0.15, 0.2) is 12.5 Å². The molecule has 20 heavy (non-hydrogen) atoms. The van der Waals surface area contributed by atoms with Crippen molar-refractivity contribution < 1.29 is 0 Å². The van der Waals surface area contributed by atoms with E-state index in [-0.39, 0.29) is 0 Å². The average Bonchev–Trinajstić information content (AvgIpc) is 2.99. The van der Waals surface area contributed by atoms with Crippen LogP contribution in [0.3, 0.4) is 0 Å². The van der Waals surface area contributed by atoms with E-state index >= 15 is 0 Å². The highest BCUT2D eigenvalue weighted by Crippen LogP contribution is 2.43. The fourth-order valence-electron chi connectivity index (χ4n) is 2.72. The van der Waals surface area contributed by atoms with E-state index in [4.69, 9.17) is 10.7 Å². The molecule has 0 radical (unpaired) electrons. The van der Waals surface area contributed by atoms with Gasteiger partial charge >= 0.3 is 0 Å². The van der Waals surface area contributed by atoms with Gasteiger partial charge in [-0.2, -0.15) is 0 Å². The quantitative estimate of drug-likeness (QED) is 0.929. The van der Waals surface area contributed by atoms with Crippen LogP contribution in [0.4, 0.5) is 5.82 Å². The number of rotatable bonds is 4. The predicted octanol–water partition coefficient (Wildman–Crippen LogP) is 3.37. The first-order valence-electron chi connectivity index (χ1n) is 7.40. The average molecular weight is 273 g/mol. The summed E-state index contributed by atoms with van der Waals surface area (Å²) in [6.07, 6.45) is 6.17. The van der Waals surface area contributed by atoms with Gasteiger partial charge in [0.2, 0.25) is 0 Å². The molecule has 1 aliphatic rings. The van der Waals surface area contributed by atoms with Gasteiger partial charge in [-0.3, -0.25) is 0 Å². The van der Waals surface area contributed by atoms with Gasteiger partial charge in [-0.05, 0) is 40.5 Å². The second-order valence-corrected chi connectivity index (χ2v) is 6.22. The summed E-state index contributed by atoms with van der Waals surface area (Å²) >= 11 is 0. The van der Waals surface area contributed by atoms with Crippen LogP contribution >= 0.6 is 0 Å². The van der Waals surface area contributed by atoms with Gasteiger partial charge in [0.15, 0.2) is 0 Å². The third kappa shape index (κ3) is 2.01. The predicted molar refractivity (Wildman–Crippen MR) is 80.6 cm³/mol. The second-order valence-electron chi connectivity index (χ2n) is 6.22. The molecule has 3 rings (SSSR count). The molecule has 1 aliphatic carbocycles. The third-order valence-electron chi connectivity index (χ3n) is 3.90. The van der Waals surface area contributed by atoms with Crippen molar-refractivity contribution in [3.8, 4) is 11.4 Å². The number of hydrogen-bond acceptors (Lipinski definition) is 3. The lowest BCUT2D eigenvalue weighted by atomic mass is 10.3. The Balaban J connectivity index is 2.14. The first-order chi connectivity index (χ1) is 9.50. The summed E-state index contributed by atoms with van der Waals surface area (Å²) in [5, 5.41) is 0. The van der Waals surface area contributed by atoms with E-state index < -0.39 is 0 Å². The summed E-state index contributed by atoms with van der Waals surface area (Å²) in [4.78, 5) is 9.12. The molecule has 2 N–H and O–H groups in total. The van der Waals surface area contributed by atoms with E-state index in [1.807, 2.05) is 12.5 Å².